The highest BCUT2D eigenvalue weighted by Crippen LogP contribution is 2.44. The predicted molar refractivity (Wildman–Crippen MR) is 115 cm³/mol. The van der Waals surface area contributed by atoms with Gasteiger partial charge >= 0.3 is 0 Å². The molecule has 0 bridgehead atoms. The highest BCUT2D eigenvalue weighted by molar-refractivity contribution is 9.12. The molecule has 0 nitrogen and oxygen atoms in total. The number of hydrogen-bond donors (Lipinski definition) is 0. The van der Waals surface area contributed by atoms with Gasteiger partial charge in [-0.25, -0.2) is 0 Å². The first kappa shape index (κ1) is 20.7. The predicted octanol–water partition coefficient (Wildman–Crippen LogP) is 8.06. The lowest BCUT2D eigenvalue weighted by Gasteiger charge is -2.39. The quantitative estimate of drug-likeness (QED) is 0.241. The van der Waals surface area contributed by atoms with Crippen molar-refractivity contribution in [1.29, 1.82) is 0 Å². The number of rotatable bonds is 9. The lowest BCUT2D eigenvalue weighted by molar-refractivity contribution is 0.143. The molecule has 0 aliphatic heterocycles. The van der Waals surface area contributed by atoms with E-state index in [-0.39, 0.29) is 0 Å². The van der Waals surface area contributed by atoms with Crippen molar-refractivity contribution in [2.75, 3.05) is 0 Å². The Balaban J connectivity index is 1.69. The van der Waals surface area contributed by atoms with Gasteiger partial charge in [-0.1, -0.05) is 56.9 Å². The van der Waals surface area contributed by atoms with Crippen molar-refractivity contribution < 1.29 is 0 Å². The Bertz CT molecular complexity index is 362. The van der Waals surface area contributed by atoms with Crippen LogP contribution in [0.3, 0.4) is 0 Å². The summed E-state index contributed by atoms with van der Waals surface area (Å²) in [6.45, 7) is 7.72. The molecule has 138 valence electrons. The SMILES string of the molecule is C=CCCC1CCC(C2CCC([C@@H](Br)[C@@H](Br)CCC=C)CC2)CC1. The normalized spacial score (nSPS) is 33.6. The van der Waals surface area contributed by atoms with Gasteiger partial charge in [0.1, 0.15) is 0 Å². The van der Waals surface area contributed by atoms with Crippen molar-refractivity contribution in [2.45, 2.75) is 86.7 Å². The van der Waals surface area contributed by atoms with Crippen LogP contribution < -0.4 is 0 Å². The van der Waals surface area contributed by atoms with E-state index in [1.807, 2.05) is 6.08 Å². The molecule has 0 aromatic carbocycles. The molecule has 0 saturated heterocycles. The Morgan fingerprint density at radius 2 is 1.33 bits per heavy atom. The van der Waals surface area contributed by atoms with Gasteiger partial charge in [0.2, 0.25) is 0 Å². The maximum Gasteiger partial charge on any atom is 0.0299 e. The zero-order chi connectivity index (χ0) is 17.4. The zero-order valence-electron chi connectivity index (χ0n) is 15.3. The van der Waals surface area contributed by atoms with Gasteiger partial charge in [-0.05, 0) is 87.9 Å². The molecular formula is C22H36Br2. The smallest absolute Gasteiger partial charge is 0.0299 e. The van der Waals surface area contributed by atoms with Gasteiger partial charge in [0.05, 0.1) is 0 Å². The fourth-order valence-corrected chi connectivity index (χ4v) is 6.46. The summed E-state index contributed by atoms with van der Waals surface area (Å²) in [6.07, 6.45) is 20.8. The molecule has 0 spiro atoms. The van der Waals surface area contributed by atoms with Crippen molar-refractivity contribution in [1.82, 2.24) is 0 Å². The van der Waals surface area contributed by atoms with Crippen LogP contribution in [0.5, 0.6) is 0 Å². The van der Waals surface area contributed by atoms with Crippen molar-refractivity contribution in [2.24, 2.45) is 23.7 Å². The Hall–Kier alpha value is 0.440. The molecule has 2 saturated carbocycles. The molecule has 2 aliphatic rings. The Kier molecular flexibility index (Phi) is 9.70. The third-order valence-corrected chi connectivity index (χ3v) is 9.72. The van der Waals surface area contributed by atoms with Gasteiger partial charge in [-0.15, -0.1) is 13.2 Å². The highest BCUT2D eigenvalue weighted by Gasteiger charge is 2.34. The van der Waals surface area contributed by atoms with Gasteiger partial charge in [-0.2, -0.15) is 0 Å². The first-order chi connectivity index (χ1) is 11.7. The van der Waals surface area contributed by atoms with Gasteiger partial charge < -0.3 is 0 Å². The van der Waals surface area contributed by atoms with Gasteiger partial charge in [0.25, 0.3) is 0 Å². The van der Waals surface area contributed by atoms with Crippen LogP contribution in [-0.4, -0.2) is 9.65 Å². The van der Waals surface area contributed by atoms with Crippen LogP contribution in [0.1, 0.15) is 77.0 Å². The molecule has 0 aromatic heterocycles. The molecule has 0 N–H and O–H groups in total. The number of halogens is 2. The maximum atomic E-state index is 3.99. The molecule has 0 heterocycles. The maximum absolute atomic E-state index is 3.99. The van der Waals surface area contributed by atoms with Crippen LogP contribution in [0.25, 0.3) is 0 Å². The van der Waals surface area contributed by atoms with E-state index in [0.717, 1.165) is 30.1 Å². The van der Waals surface area contributed by atoms with Crippen LogP contribution >= 0.6 is 31.9 Å². The van der Waals surface area contributed by atoms with Crippen molar-refractivity contribution >= 4 is 31.9 Å². The van der Waals surface area contributed by atoms with E-state index in [9.17, 15) is 0 Å². The zero-order valence-corrected chi connectivity index (χ0v) is 18.4. The standard InChI is InChI=1S/C22H36Br2/c1-3-5-7-17-9-11-18(12-10-17)19-13-15-20(16-14-19)22(24)21(23)8-6-4-2/h3-4,17-22H,1-2,5-16H2/t17?,18?,19?,20?,21-,22+/m0/s1. The first-order valence-corrected chi connectivity index (χ1v) is 12.0. The molecule has 2 fully saturated rings. The van der Waals surface area contributed by atoms with Crippen LogP contribution in [0.4, 0.5) is 0 Å². The molecule has 2 atom stereocenters. The number of allylic oxidation sites excluding steroid dienone is 2. The molecule has 2 aliphatic carbocycles. The molecule has 24 heavy (non-hydrogen) atoms. The Labute approximate surface area is 167 Å². The first-order valence-electron chi connectivity index (χ1n) is 10.2. The summed E-state index contributed by atoms with van der Waals surface area (Å²) in [5.41, 5.74) is 0. The third kappa shape index (κ3) is 6.31. The third-order valence-electron chi connectivity index (χ3n) is 6.60. The Morgan fingerprint density at radius 3 is 1.88 bits per heavy atom. The lowest BCUT2D eigenvalue weighted by Crippen LogP contribution is -2.31. The minimum atomic E-state index is 0.595. The summed E-state index contributed by atoms with van der Waals surface area (Å²) in [4.78, 5) is 1.23. The van der Waals surface area contributed by atoms with E-state index in [1.54, 1.807) is 0 Å². The minimum absolute atomic E-state index is 0.595. The summed E-state index contributed by atoms with van der Waals surface area (Å²) < 4.78 is 0. The van der Waals surface area contributed by atoms with Crippen LogP contribution in [0.15, 0.2) is 25.3 Å². The molecule has 0 amide bonds. The van der Waals surface area contributed by atoms with Crippen LogP contribution in [-0.2, 0) is 0 Å². The van der Waals surface area contributed by atoms with Gasteiger partial charge in [-0.3, -0.25) is 0 Å². The van der Waals surface area contributed by atoms with E-state index < -0.39 is 0 Å². The summed E-state index contributed by atoms with van der Waals surface area (Å²) in [7, 11) is 0. The largest absolute Gasteiger partial charge is 0.103 e. The van der Waals surface area contributed by atoms with E-state index in [0.29, 0.717) is 9.65 Å². The Morgan fingerprint density at radius 1 is 0.792 bits per heavy atom. The molecule has 0 aromatic rings. The van der Waals surface area contributed by atoms with Crippen molar-refractivity contribution in [3.8, 4) is 0 Å². The topological polar surface area (TPSA) is 0 Å². The minimum Gasteiger partial charge on any atom is -0.103 e. The summed E-state index contributed by atoms with van der Waals surface area (Å²) >= 11 is 7.89. The highest BCUT2D eigenvalue weighted by atomic mass is 79.9. The second-order valence-electron chi connectivity index (χ2n) is 8.15. The van der Waals surface area contributed by atoms with Crippen LogP contribution in [0, 0.1) is 23.7 Å². The summed E-state index contributed by atoms with van der Waals surface area (Å²) in [5.74, 6) is 3.89. The summed E-state index contributed by atoms with van der Waals surface area (Å²) in [6, 6.07) is 0. The van der Waals surface area contributed by atoms with E-state index >= 15 is 0 Å². The average molecular weight is 460 g/mol. The van der Waals surface area contributed by atoms with Crippen LogP contribution in [0.2, 0.25) is 0 Å². The van der Waals surface area contributed by atoms with Crippen molar-refractivity contribution in [3.05, 3.63) is 25.3 Å². The van der Waals surface area contributed by atoms with E-state index in [1.165, 1.54) is 70.6 Å². The number of hydrogen-bond acceptors (Lipinski definition) is 0. The fourth-order valence-electron chi connectivity index (χ4n) is 4.97. The fraction of sp³-hybridized carbons (Fsp3) is 0.818. The van der Waals surface area contributed by atoms with Gasteiger partial charge in [0.15, 0.2) is 0 Å². The summed E-state index contributed by atoms with van der Waals surface area (Å²) in [5, 5.41) is 0. The second kappa shape index (κ2) is 11.2. The molecule has 2 heteroatoms. The molecule has 0 radical (unpaired) electrons. The van der Waals surface area contributed by atoms with Gasteiger partial charge in [0, 0.05) is 9.65 Å². The van der Waals surface area contributed by atoms with E-state index in [4.69, 9.17) is 0 Å². The lowest BCUT2D eigenvalue weighted by atomic mass is 9.68. The molecular weight excluding hydrogens is 424 g/mol. The van der Waals surface area contributed by atoms with Crippen molar-refractivity contribution in [3.63, 3.8) is 0 Å². The molecule has 2 rings (SSSR count). The van der Waals surface area contributed by atoms with E-state index in [2.05, 4.69) is 51.1 Å². The molecule has 0 unspecified atom stereocenters. The monoisotopic (exact) mass is 458 g/mol. The number of alkyl halides is 2. The second-order valence-corrected chi connectivity index (χ2v) is 10.4. The average Bonchev–Trinajstić information content (AvgIpc) is 2.64.